The van der Waals surface area contributed by atoms with Gasteiger partial charge in [-0.05, 0) is 32.0 Å². The molecule has 3 rings (SSSR count). The topological polar surface area (TPSA) is 47.0 Å². The van der Waals surface area contributed by atoms with E-state index in [1.165, 1.54) is 5.56 Å². The average molecular weight is 382 g/mol. The van der Waals surface area contributed by atoms with E-state index in [1.807, 2.05) is 24.3 Å². The van der Waals surface area contributed by atoms with Crippen molar-refractivity contribution in [1.29, 1.82) is 0 Å². The summed E-state index contributed by atoms with van der Waals surface area (Å²) in [6.07, 6.45) is 2.79. The zero-order chi connectivity index (χ0) is 19.1. The standard InChI is InChI=1S/C22H24ClN3O/c1-3-12-24-13-14-27-20-15-25-21(17-6-4-16(2)5-7-17)22(26-20)18-8-10-19(23)11-9-18/h4-11,15,24H,3,12-14H2,1-2H3. The molecule has 140 valence electrons. The van der Waals surface area contributed by atoms with Gasteiger partial charge >= 0.3 is 0 Å². The Balaban J connectivity index is 1.90. The lowest BCUT2D eigenvalue weighted by Gasteiger charge is -2.12. The summed E-state index contributed by atoms with van der Waals surface area (Å²) < 4.78 is 5.79. The summed E-state index contributed by atoms with van der Waals surface area (Å²) in [6.45, 7) is 6.53. The lowest BCUT2D eigenvalue weighted by atomic mass is 10.0. The van der Waals surface area contributed by atoms with Crippen LogP contribution in [0.3, 0.4) is 0 Å². The molecule has 0 radical (unpaired) electrons. The Morgan fingerprint density at radius 1 is 0.926 bits per heavy atom. The van der Waals surface area contributed by atoms with Gasteiger partial charge in [0, 0.05) is 22.7 Å². The number of hydrogen-bond donors (Lipinski definition) is 1. The Hall–Kier alpha value is -2.43. The van der Waals surface area contributed by atoms with Gasteiger partial charge in [-0.3, -0.25) is 0 Å². The fourth-order valence-corrected chi connectivity index (χ4v) is 2.83. The Labute approximate surface area is 165 Å². The molecule has 0 saturated heterocycles. The highest BCUT2D eigenvalue weighted by molar-refractivity contribution is 6.30. The molecule has 0 aliphatic heterocycles. The summed E-state index contributed by atoms with van der Waals surface area (Å²) in [7, 11) is 0. The van der Waals surface area contributed by atoms with Gasteiger partial charge in [0.2, 0.25) is 5.88 Å². The molecule has 5 heteroatoms. The summed E-state index contributed by atoms with van der Waals surface area (Å²) in [5.74, 6) is 0.522. The van der Waals surface area contributed by atoms with Gasteiger partial charge in [-0.25, -0.2) is 9.97 Å². The minimum absolute atomic E-state index is 0.522. The molecule has 4 nitrogen and oxygen atoms in total. The molecule has 0 aliphatic rings. The summed E-state index contributed by atoms with van der Waals surface area (Å²) in [6, 6.07) is 15.9. The van der Waals surface area contributed by atoms with Crippen LogP contribution in [0.5, 0.6) is 5.88 Å². The molecular formula is C22H24ClN3O. The summed E-state index contributed by atoms with van der Waals surface area (Å²) in [5, 5.41) is 4.01. The van der Waals surface area contributed by atoms with Crippen LogP contribution >= 0.6 is 11.6 Å². The fraction of sp³-hybridized carbons (Fsp3) is 0.273. The number of nitrogens with one attached hydrogen (secondary N) is 1. The van der Waals surface area contributed by atoms with Crippen molar-refractivity contribution in [2.75, 3.05) is 19.7 Å². The van der Waals surface area contributed by atoms with Crippen molar-refractivity contribution in [3.05, 3.63) is 65.3 Å². The Morgan fingerprint density at radius 3 is 2.30 bits per heavy atom. The van der Waals surface area contributed by atoms with Gasteiger partial charge in [0.1, 0.15) is 12.3 Å². The van der Waals surface area contributed by atoms with Crippen LogP contribution in [0.2, 0.25) is 5.02 Å². The van der Waals surface area contributed by atoms with Crippen molar-refractivity contribution in [3.8, 4) is 28.4 Å². The minimum Gasteiger partial charge on any atom is -0.475 e. The van der Waals surface area contributed by atoms with Crippen LogP contribution in [-0.2, 0) is 0 Å². The summed E-state index contributed by atoms with van der Waals surface area (Å²) in [5.41, 5.74) is 4.80. The lowest BCUT2D eigenvalue weighted by Crippen LogP contribution is -2.21. The van der Waals surface area contributed by atoms with Crippen molar-refractivity contribution in [2.45, 2.75) is 20.3 Å². The number of rotatable bonds is 8. The maximum atomic E-state index is 6.05. The second kappa shape index (κ2) is 9.49. The third kappa shape index (κ3) is 5.28. The number of nitrogens with zero attached hydrogens (tertiary/aromatic N) is 2. The Morgan fingerprint density at radius 2 is 1.59 bits per heavy atom. The van der Waals surface area contributed by atoms with Gasteiger partial charge in [-0.2, -0.15) is 0 Å². The van der Waals surface area contributed by atoms with Crippen LogP contribution in [0, 0.1) is 6.92 Å². The van der Waals surface area contributed by atoms with Crippen LogP contribution in [0.25, 0.3) is 22.5 Å². The molecule has 0 atom stereocenters. The molecule has 0 amide bonds. The molecule has 27 heavy (non-hydrogen) atoms. The molecular weight excluding hydrogens is 358 g/mol. The number of aryl methyl sites for hydroxylation is 1. The van der Waals surface area contributed by atoms with Crippen LogP contribution in [0.4, 0.5) is 0 Å². The first-order chi connectivity index (χ1) is 13.2. The molecule has 3 aromatic rings. The molecule has 0 bridgehead atoms. The quantitative estimate of drug-likeness (QED) is 0.548. The van der Waals surface area contributed by atoms with E-state index in [-0.39, 0.29) is 0 Å². The van der Waals surface area contributed by atoms with Crippen LogP contribution < -0.4 is 10.1 Å². The van der Waals surface area contributed by atoms with Crippen molar-refractivity contribution < 1.29 is 4.74 Å². The first-order valence-electron chi connectivity index (χ1n) is 9.21. The fourth-order valence-electron chi connectivity index (χ4n) is 2.70. The zero-order valence-electron chi connectivity index (χ0n) is 15.7. The summed E-state index contributed by atoms with van der Waals surface area (Å²) in [4.78, 5) is 9.39. The van der Waals surface area contributed by atoms with Gasteiger partial charge in [-0.1, -0.05) is 60.5 Å². The highest BCUT2D eigenvalue weighted by atomic mass is 35.5. The van der Waals surface area contributed by atoms with Crippen molar-refractivity contribution >= 4 is 11.6 Å². The van der Waals surface area contributed by atoms with E-state index in [4.69, 9.17) is 21.3 Å². The predicted octanol–water partition coefficient (Wildman–Crippen LogP) is 5.15. The molecule has 0 spiro atoms. The third-order valence-electron chi connectivity index (χ3n) is 4.15. The molecule has 0 unspecified atom stereocenters. The van der Waals surface area contributed by atoms with Crippen molar-refractivity contribution in [2.24, 2.45) is 0 Å². The molecule has 1 aromatic heterocycles. The second-order valence-electron chi connectivity index (χ2n) is 6.38. The number of hydrogen-bond acceptors (Lipinski definition) is 4. The molecule has 1 N–H and O–H groups in total. The van der Waals surface area contributed by atoms with Gasteiger partial charge in [0.15, 0.2) is 0 Å². The average Bonchev–Trinajstić information content (AvgIpc) is 2.69. The zero-order valence-corrected chi connectivity index (χ0v) is 16.5. The number of halogens is 1. The normalized spacial score (nSPS) is 10.8. The smallest absolute Gasteiger partial charge is 0.232 e. The van der Waals surface area contributed by atoms with E-state index in [0.29, 0.717) is 17.5 Å². The SMILES string of the molecule is CCCNCCOc1cnc(-c2ccc(C)cc2)c(-c2ccc(Cl)cc2)n1. The number of ether oxygens (including phenoxy) is 1. The van der Waals surface area contributed by atoms with Gasteiger partial charge in [0.05, 0.1) is 11.9 Å². The van der Waals surface area contributed by atoms with Crippen LogP contribution in [0.15, 0.2) is 54.7 Å². The van der Waals surface area contributed by atoms with E-state index in [1.54, 1.807) is 6.20 Å². The summed E-state index contributed by atoms with van der Waals surface area (Å²) >= 11 is 6.05. The van der Waals surface area contributed by atoms with E-state index in [9.17, 15) is 0 Å². The highest BCUT2D eigenvalue weighted by Gasteiger charge is 2.13. The predicted molar refractivity (Wildman–Crippen MR) is 111 cm³/mol. The van der Waals surface area contributed by atoms with Gasteiger partial charge in [-0.15, -0.1) is 0 Å². The van der Waals surface area contributed by atoms with E-state index >= 15 is 0 Å². The molecule has 1 heterocycles. The first kappa shape index (κ1) is 19.3. The largest absolute Gasteiger partial charge is 0.475 e. The monoisotopic (exact) mass is 381 g/mol. The maximum Gasteiger partial charge on any atom is 0.232 e. The lowest BCUT2D eigenvalue weighted by molar-refractivity contribution is 0.302. The molecule has 0 saturated carbocycles. The first-order valence-corrected chi connectivity index (χ1v) is 9.58. The minimum atomic E-state index is 0.522. The van der Waals surface area contributed by atoms with Crippen molar-refractivity contribution in [3.63, 3.8) is 0 Å². The van der Waals surface area contributed by atoms with E-state index < -0.39 is 0 Å². The number of aromatic nitrogens is 2. The molecule has 0 aliphatic carbocycles. The third-order valence-corrected chi connectivity index (χ3v) is 4.40. The Kier molecular flexibility index (Phi) is 6.80. The number of benzene rings is 2. The van der Waals surface area contributed by atoms with E-state index in [2.05, 4.69) is 48.4 Å². The molecule has 2 aromatic carbocycles. The van der Waals surface area contributed by atoms with Crippen molar-refractivity contribution in [1.82, 2.24) is 15.3 Å². The van der Waals surface area contributed by atoms with Gasteiger partial charge in [0.25, 0.3) is 0 Å². The maximum absolute atomic E-state index is 6.05. The molecule has 0 fully saturated rings. The highest BCUT2D eigenvalue weighted by Crippen LogP contribution is 2.31. The van der Waals surface area contributed by atoms with Gasteiger partial charge < -0.3 is 10.1 Å². The second-order valence-corrected chi connectivity index (χ2v) is 6.81. The van der Waals surface area contributed by atoms with Crippen LogP contribution in [-0.4, -0.2) is 29.7 Å². The van der Waals surface area contributed by atoms with Crippen LogP contribution in [0.1, 0.15) is 18.9 Å². The van der Waals surface area contributed by atoms with E-state index in [0.717, 1.165) is 42.0 Å². The Bertz CT molecular complexity index is 864.